The first-order valence-electron chi connectivity index (χ1n) is 7.98. The molecule has 1 rings (SSSR count). The molecule has 0 saturated carbocycles. The molecule has 0 fully saturated rings. The maximum Gasteiger partial charge on any atom is 0.408 e. The van der Waals surface area contributed by atoms with Crippen molar-refractivity contribution in [1.29, 1.82) is 0 Å². The van der Waals surface area contributed by atoms with Gasteiger partial charge >= 0.3 is 12.1 Å². The van der Waals surface area contributed by atoms with Gasteiger partial charge in [-0.2, -0.15) is 0 Å². The Bertz CT molecular complexity index is 619. The molecule has 1 amide bonds. The minimum absolute atomic E-state index is 0.102. The van der Waals surface area contributed by atoms with Gasteiger partial charge < -0.3 is 19.3 Å². The van der Waals surface area contributed by atoms with Crippen molar-refractivity contribution >= 4 is 19.4 Å². The van der Waals surface area contributed by atoms with E-state index in [1.54, 1.807) is 20.8 Å². The summed E-state index contributed by atoms with van der Waals surface area (Å²) in [7, 11) is -2.08. The summed E-state index contributed by atoms with van der Waals surface area (Å²) in [5, 5.41) is 2.49. The van der Waals surface area contributed by atoms with Gasteiger partial charge in [0.1, 0.15) is 12.4 Å². The molecule has 0 spiro atoms. The van der Waals surface area contributed by atoms with Crippen LogP contribution < -0.4 is 5.32 Å². The van der Waals surface area contributed by atoms with E-state index in [-0.39, 0.29) is 12.5 Å². The smallest absolute Gasteiger partial charge is 0.408 e. The highest BCUT2D eigenvalue weighted by molar-refractivity contribution is 7.58. The number of hydrogen-bond acceptors (Lipinski definition) is 6. The number of benzene rings is 1. The topological polar surface area (TPSA) is 90.9 Å². The van der Waals surface area contributed by atoms with Gasteiger partial charge in [0.05, 0.1) is 7.11 Å². The van der Waals surface area contributed by atoms with Crippen LogP contribution in [0.1, 0.15) is 26.3 Å². The lowest BCUT2D eigenvalue weighted by Gasteiger charge is -2.27. The summed E-state index contributed by atoms with van der Waals surface area (Å²) in [5.41, 5.74) is 0.840. The number of carbonyl (C=O) groups is 2. The monoisotopic (exact) mass is 371 g/mol. The van der Waals surface area contributed by atoms with Crippen LogP contribution >= 0.6 is 7.37 Å². The van der Waals surface area contributed by atoms with Gasteiger partial charge in [-0.3, -0.25) is 4.57 Å². The number of rotatable bonds is 8. The van der Waals surface area contributed by atoms with Crippen LogP contribution in [-0.2, 0) is 30.0 Å². The molecular weight excluding hydrogens is 345 g/mol. The Kier molecular flexibility index (Phi) is 8.13. The molecule has 1 aromatic carbocycles. The van der Waals surface area contributed by atoms with E-state index < -0.39 is 31.3 Å². The molecule has 0 aliphatic rings. The van der Waals surface area contributed by atoms with E-state index in [1.807, 2.05) is 30.3 Å². The van der Waals surface area contributed by atoms with Crippen molar-refractivity contribution in [2.24, 2.45) is 5.92 Å². The highest BCUT2D eigenvalue weighted by Crippen LogP contribution is 2.48. The molecule has 25 heavy (non-hydrogen) atoms. The molecule has 1 N–H and O–H groups in total. The van der Waals surface area contributed by atoms with Crippen LogP contribution in [0.25, 0.3) is 0 Å². The van der Waals surface area contributed by atoms with Gasteiger partial charge in [0.15, 0.2) is 6.10 Å². The van der Waals surface area contributed by atoms with Gasteiger partial charge in [-0.25, -0.2) is 9.59 Å². The van der Waals surface area contributed by atoms with Crippen molar-refractivity contribution in [3.63, 3.8) is 0 Å². The number of nitrogens with one attached hydrogen (secondary N) is 1. The number of hydrogen-bond donors (Lipinski definition) is 1. The van der Waals surface area contributed by atoms with Crippen molar-refractivity contribution in [2.75, 3.05) is 13.8 Å². The molecule has 0 saturated heterocycles. The van der Waals surface area contributed by atoms with Crippen LogP contribution in [0.4, 0.5) is 4.79 Å². The zero-order valence-corrected chi connectivity index (χ0v) is 16.1. The van der Waals surface area contributed by atoms with E-state index in [0.29, 0.717) is 0 Å². The maximum absolute atomic E-state index is 12.8. The Hall–Kier alpha value is -1.85. The molecule has 0 aromatic heterocycles. The summed E-state index contributed by atoms with van der Waals surface area (Å²) in [6.07, 6.45) is -1.67. The molecular formula is C17H26NO6P. The normalized spacial score (nSPS) is 15.8. The Balaban J connectivity index is 2.60. The third kappa shape index (κ3) is 6.88. The van der Waals surface area contributed by atoms with Gasteiger partial charge in [-0.15, -0.1) is 0 Å². The van der Waals surface area contributed by atoms with E-state index >= 15 is 0 Å². The summed E-state index contributed by atoms with van der Waals surface area (Å²) in [6.45, 7) is 6.53. The van der Waals surface area contributed by atoms with Gasteiger partial charge in [0.2, 0.25) is 7.37 Å². The molecule has 3 unspecified atom stereocenters. The molecule has 0 aliphatic heterocycles. The van der Waals surface area contributed by atoms with Crippen LogP contribution in [0.2, 0.25) is 0 Å². The standard InChI is InChI=1S/C17H26NO6P/c1-12(2)15(16(19)22-4)24-25(5,21)13(3)18-17(20)23-11-14-9-7-6-8-10-14/h6-10,12-13,15H,11H2,1-5H3,(H,18,20). The second-order valence-corrected chi connectivity index (χ2v) is 8.89. The Morgan fingerprint density at radius 1 is 1.16 bits per heavy atom. The van der Waals surface area contributed by atoms with Crippen LogP contribution in [0, 0.1) is 5.92 Å². The molecule has 1 aromatic rings. The average molecular weight is 371 g/mol. The van der Waals surface area contributed by atoms with Gasteiger partial charge in [-0.1, -0.05) is 44.2 Å². The molecule has 0 heterocycles. The molecule has 8 heteroatoms. The fourth-order valence-corrected chi connectivity index (χ4v) is 3.23. The first-order chi connectivity index (χ1) is 11.7. The average Bonchev–Trinajstić information content (AvgIpc) is 2.57. The van der Waals surface area contributed by atoms with Crippen molar-refractivity contribution < 1.29 is 28.2 Å². The van der Waals surface area contributed by atoms with E-state index in [1.165, 1.54) is 13.8 Å². The predicted octanol–water partition coefficient (Wildman–Crippen LogP) is 3.38. The summed E-state index contributed by atoms with van der Waals surface area (Å²) in [5.74, 6) is -1.64. The van der Waals surface area contributed by atoms with Crippen molar-refractivity contribution in [3.8, 4) is 0 Å². The summed E-state index contributed by atoms with van der Waals surface area (Å²) >= 11 is 0. The Morgan fingerprint density at radius 2 is 1.76 bits per heavy atom. The zero-order valence-electron chi connectivity index (χ0n) is 15.2. The summed E-state index contributed by atoms with van der Waals surface area (Å²) in [4.78, 5) is 23.6. The first kappa shape index (κ1) is 21.2. The molecule has 0 radical (unpaired) electrons. The van der Waals surface area contributed by atoms with Crippen molar-refractivity contribution in [2.45, 2.75) is 39.3 Å². The molecule has 7 nitrogen and oxygen atoms in total. The van der Waals surface area contributed by atoms with Crippen molar-refractivity contribution in [3.05, 3.63) is 35.9 Å². The fourth-order valence-electron chi connectivity index (χ4n) is 1.92. The number of carbonyl (C=O) groups excluding carboxylic acids is 2. The van der Waals surface area contributed by atoms with Crippen LogP contribution in [0.15, 0.2) is 30.3 Å². The highest BCUT2D eigenvalue weighted by Gasteiger charge is 2.35. The number of methoxy groups -OCH3 is 1. The van der Waals surface area contributed by atoms with Crippen LogP contribution in [0.5, 0.6) is 0 Å². The number of alkyl carbamates (subject to hydrolysis) is 1. The minimum Gasteiger partial charge on any atom is -0.467 e. The third-order valence-corrected chi connectivity index (χ3v) is 5.79. The maximum atomic E-state index is 12.8. The fraction of sp³-hybridized carbons (Fsp3) is 0.529. The second-order valence-electron chi connectivity index (χ2n) is 6.08. The van der Waals surface area contributed by atoms with E-state index in [2.05, 4.69) is 10.1 Å². The quantitative estimate of drug-likeness (QED) is 0.556. The molecule has 3 atom stereocenters. The van der Waals surface area contributed by atoms with Crippen LogP contribution in [0.3, 0.4) is 0 Å². The minimum atomic E-state index is -3.32. The lowest BCUT2D eigenvalue weighted by Crippen LogP contribution is -2.36. The zero-order chi connectivity index (χ0) is 19.0. The summed E-state index contributed by atoms with van der Waals surface area (Å²) < 4.78 is 28.0. The van der Waals surface area contributed by atoms with Crippen LogP contribution in [-0.4, -0.2) is 37.7 Å². The van der Waals surface area contributed by atoms with Gasteiger partial charge in [-0.05, 0) is 18.4 Å². The number of esters is 1. The largest absolute Gasteiger partial charge is 0.467 e. The van der Waals surface area contributed by atoms with E-state index in [4.69, 9.17) is 9.26 Å². The first-order valence-corrected chi connectivity index (χ1v) is 10.1. The lowest BCUT2D eigenvalue weighted by molar-refractivity contribution is -0.150. The Labute approximate surface area is 148 Å². The predicted molar refractivity (Wildman–Crippen MR) is 94.5 cm³/mol. The van der Waals surface area contributed by atoms with E-state index in [0.717, 1.165) is 5.56 Å². The Morgan fingerprint density at radius 3 is 2.28 bits per heavy atom. The second kappa shape index (κ2) is 9.59. The molecule has 0 aliphatic carbocycles. The third-order valence-electron chi connectivity index (χ3n) is 3.60. The van der Waals surface area contributed by atoms with Gasteiger partial charge in [0.25, 0.3) is 0 Å². The SMILES string of the molecule is COC(=O)C(OP(C)(=O)C(C)NC(=O)OCc1ccccc1)C(C)C. The van der Waals surface area contributed by atoms with Gasteiger partial charge in [0, 0.05) is 6.66 Å². The van der Waals surface area contributed by atoms with E-state index in [9.17, 15) is 14.2 Å². The lowest BCUT2D eigenvalue weighted by atomic mass is 10.1. The summed E-state index contributed by atoms with van der Waals surface area (Å²) in [6, 6.07) is 9.20. The number of ether oxygens (including phenoxy) is 2. The highest BCUT2D eigenvalue weighted by atomic mass is 31.2. The molecule has 0 bridgehead atoms. The van der Waals surface area contributed by atoms with Crippen molar-refractivity contribution in [1.82, 2.24) is 5.32 Å². The molecule has 140 valence electrons. The number of amides is 1.